The molecule has 0 bridgehead atoms. The van der Waals surface area contributed by atoms with Crippen molar-refractivity contribution in [2.75, 3.05) is 21.3 Å². The summed E-state index contributed by atoms with van der Waals surface area (Å²) in [6.07, 6.45) is 4.32. The molecular weight excluding hydrogens is 410 g/mol. The Morgan fingerprint density at radius 2 is 1.97 bits per heavy atom. The van der Waals surface area contributed by atoms with Crippen LogP contribution in [-0.4, -0.2) is 41.7 Å². The summed E-state index contributed by atoms with van der Waals surface area (Å²) in [4.78, 5) is 17.5. The van der Waals surface area contributed by atoms with Crippen molar-refractivity contribution >= 4 is 11.4 Å². The largest absolute Gasteiger partial charge is 0.493 e. The molecule has 3 aromatic heterocycles. The molecule has 0 aliphatic heterocycles. The fourth-order valence-corrected chi connectivity index (χ4v) is 4.39. The van der Waals surface area contributed by atoms with Gasteiger partial charge in [0.1, 0.15) is 5.76 Å². The smallest absolute Gasteiger partial charge is 0.167 e. The zero-order chi connectivity index (χ0) is 22.2. The lowest BCUT2D eigenvalue weighted by Crippen LogP contribution is -2.22. The Hall–Kier alpha value is -3.65. The molecule has 8 nitrogen and oxygen atoms in total. The van der Waals surface area contributed by atoms with Crippen LogP contribution in [0.15, 0.2) is 47.2 Å². The summed E-state index contributed by atoms with van der Waals surface area (Å²) in [5.41, 5.74) is 4.54. The summed E-state index contributed by atoms with van der Waals surface area (Å²) in [5.74, 6) is 2.06. The third kappa shape index (κ3) is 3.23. The van der Waals surface area contributed by atoms with Gasteiger partial charge in [0.15, 0.2) is 22.9 Å². The van der Waals surface area contributed by atoms with Gasteiger partial charge in [-0.3, -0.25) is 4.79 Å². The van der Waals surface area contributed by atoms with Gasteiger partial charge in [-0.2, -0.15) is 5.10 Å². The van der Waals surface area contributed by atoms with Gasteiger partial charge >= 0.3 is 0 Å². The SMILES string of the molecule is COCc1nn2c3c(cnc2c1-c1ccc(OC)c(OC)c1)C(=O)C[C@H](c1ccco1)C3. The Morgan fingerprint density at radius 1 is 1.12 bits per heavy atom. The highest BCUT2D eigenvalue weighted by Gasteiger charge is 2.31. The molecular formula is C24H23N3O5. The van der Waals surface area contributed by atoms with E-state index < -0.39 is 0 Å². The van der Waals surface area contributed by atoms with E-state index in [1.807, 2.05) is 30.3 Å². The zero-order valence-electron chi connectivity index (χ0n) is 18.1. The number of furan rings is 1. The minimum absolute atomic E-state index is 0.0322. The van der Waals surface area contributed by atoms with Crippen LogP contribution < -0.4 is 9.47 Å². The van der Waals surface area contributed by atoms with Gasteiger partial charge in [-0.25, -0.2) is 9.50 Å². The highest BCUT2D eigenvalue weighted by Crippen LogP contribution is 2.38. The van der Waals surface area contributed by atoms with Crippen LogP contribution in [0.25, 0.3) is 16.8 Å². The molecule has 0 unspecified atom stereocenters. The van der Waals surface area contributed by atoms with E-state index in [9.17, 15) is 4.79 Å². The van der Waals surface area contributed by atoms with Crippen molar-refractivity contribution in [1.29, 1.82) is 0 Å². The fraction of sp³-hybridized carbons (Fsp3) is 0.292. The van der Waals surface area contributed by atoms with Crippen molar-refractivity contribution in [3.8, 4) is 22.6 Å². The number of methoxy groups -OCH3 is 3. The average molecular weight is 433 g/mol. The normalized spacial score (nSPS) is 15.7. The quantitative estimate of drug-likeness (QED) is 0.453. The Bertz CT molecular complexity index is 1290. The summed E-state index contributed by atoms with van der Waals surface area (Å²) >= 11 is 0. The van der Waals surface area contributed by atoms with Crippen molar-refractivity contribution in [3.63, 3.8) is 0 Å². The number of nitrogens with zero attached hydrogens (tertiary/aromatic N) is 3. The van der Waals surface area contributed by atoms with E-state index in [1.54, 1.807) is 38.3 Å². The topological polar surface area (TPSA) is 88.1 Å². The number of carbonyl (C=O) groups excluding carboxylic acids is 1. The highest BCUT2D eigenvalue weighted by atomic mass is 16.5. The molecule has 1 aromatic carbocycles. The lowest BCUT2D eigenvalue weighted by atomic mass is 9.85. The summed E-state index contributed by atoms with van der Waals surface area (Å²) in [7, 11) is 4.83. The number of fused-ring (bicyclic) bond motifs is 3. The van der Waals surface area contributed by atoms with E-state index in [4.69, 9.17) is 23.7 Å². The maximum absolute atomic E-state index is 12.9. The first-order chi connectivity index (χ1) is 15.6. The first-order valence-electron chi connectivity index (χ1n) is 10.3. The Labute approximate surface area is 184 Å². The second-order valence-electron chi connectivity index (χ2n) is 7.72. The third-order valence-electron chi connectivity index (χ3n) is 5.89. The van der Waals surface area contributed by atoms with Crippen molar-refractivity contribution in [2.24, 2.45) is 0 Å². The van der Waals surface area contributed by atoms with Crippen LogP contribution in [0.3, 0.4) is 0 Å². The number of benzene rings is 1. The van der Waals surface area contributed by atoms with Gasteiger partial charge in [-0.1, -0.05) is 6.07 Å². The average Bonchev–Trinajstić information content (AvgIpc) is 3.47. The minimum atomic E-state index is -0.0322. The van der Waals surface area contributed by atoms with E-state index in [0.29, 0.717) is 42.2 Å². The highest BCUT2D eigenvalue weighted by molar-refractivity contribution is 5.99. The fourth-order valence-electron chi connectivity index (χ4n) is 4.39. The molecule has 0 N–H and O–H groups in total. The Kier molecular flexibility index (Phi) is 5.14. The summed E-state index contributed by atoms with van der Waals surface area (Å²) < 4.78 is 23.7. The van der Waals surface area contributed by atoms with Crippen LogP contribution in [0.2, 0.25) is 0 Å². The van der Waals surface area contributed by atoms with E-state index in [1.165, 1.54) is 0 Å². The van der Waals surface area contributed by atoms with E-state index in [2.05, 4.69) is 4.98 Å². The van der Waals surface area contributed by atoms with E-state index in [0.717, 1.165) is 28.3 Å². The molecule has 8 heteroatoms. The van der Waals surface area contributed by atoms with Crippen molar-refractivity contribution in [1.82, 2.24) is 14.6 Å². The molecule has 1 aliphatic rings. The van der Waals surface area contributed by atoms with Gasteiger partial charge in [-0.05, 0) is 29.8 Å². The van der Waals surface area contributed by atoms with Crippen molar-refractivity contribution in [2.45, 2.75) is 25.4 Å². The lowest BCUT2D eigenvalue weighted by molar-refractivity contribution is 0.0958. The molecule has 0 saturated carbocycles. The molecule has 1 aliphatic carbocycles. The van der Waals surface area contributed by atoms with Crippen LogP contribution in [-0.2, 0) is 17.8 Å². The third-order valence-corrected chi connectivity index (χ3v) is 5.89. The predicted octanol–water partition coefficient (Wildman–Crippen LogP) is 4.07. The number of Topliss-reactive ketones (excluding diaryl/α,β-unsaturated/α-hetero) is 1. The van der Waals surface area contributed by atoms with Gasteiger partial charge in [0.05, 0.1) is 49.6 Å². The number of hydrogen-bond donors (Lipinski definition) is 0. The van der Waals surface area contributed by atoms with E-state index >= 15 is 0 Å². The first-order valence-corrected chi connectivity index (χ1v) is 10.3. The molecule has 0 fully saturated rings. The zero-order valence-corrected chi connectivity index (χ0v) is 18.1. The number of rotatable bonds is 6. The number of ketones is 1. The molecule has 4 aromatic rings. The number of hydrogen-bond acceptors (Lipinski definition) is 7. The van der Waals surface area contributed by atoms with Crippen molar-refractivity contribution < 1.29 is 23.4 Å². The second-order valence-corrected chi connectivity index (χ2v) is 7.72. The van der Waals surface area contributed by atoms with Gasteiger partial charge in [-0.15, -0.1) is 0 Å². The molecule has 1 atom stereocenters. The van der Waals surface area contributed by atoms with E-state index in [-0.39, 0.29) is 11.7 Å². The Balaban J connectivity index is 1.70. The summed E-state index contributed by atoms with van der Waals surface area (Å²) in [5, 5.41) is 4.81. The maximum Gasteiger partial charge on any atom is 0.167 e. The molecule has 3 heterocycles. The van der Waals surface area contributed by atoms with Gasteiger partial charge < -0.3 is 18.6 Å². The lowest BCUT2D eigenvalue weighted by Gasteiger charge is -2.22. The maximum atomic E-state index is 12.9. The summed E-state index contributed by atoms with van der Waals surface area (Å²) in [6.45, 7) is 0.303. The molecule has 5 rings (SSSR count). The molecule has 0 radical (unpaired) electrons. The number of carbonyl (C=O) groups is 1. The standard InChI is InChI=1S/C24H23N3O5/c1-29-13-17-23(14-6-7-21(30-2)22(11-14)31-3)24-25-12-16-18(27(24)26-17)9-15(10-19(16)28)20-5-4-8-32-20/h4-8,11-12,15H,9-10,13H2,1-3H3/t15-/m1/s1. The minimum Gasteiger partial charge on any atom is -0.493 e. The van der Waals surface area contributed by atoms with Crippen LogP contribution in [0, 0.1) is 0 Å². The van der Waals surface area contributed by atoms with Crippen molar-refractivity contribution in [3.05, 3.63) is 65.5 Å². The van der Waals surface area contributed by atoms with Crippen LogP contribution in [0.4, 0.5) is 0 Å². The van der Waals surface area contributed by atoms with Gasteiger partial charge in [0.2, 0.25) is 0 Å². The monoisotopic (exact) mass is 433 g/mol. The molecule has 0 spiro atoms. The van der Waals surface area contributed by atoms with Gasteiger partial charge in [0, 0.05) is 32.1 Å². The first kappa shape index (κ1) is 20.3. The predicted molar refractivity (Wildman–Crippen MR) is 116 cm³/mol. The number of ether oxygens (including phenoxy) is 3. The van der Waals surface area contributed by atoms with Crippen LogP contribution in [0.5, 0.6) is 11.5 Å². The molecule has 164 valence electrons. The molecule has 32 heavy (non-hydrogen) atoms. The van der Waals surface area contributed by atoms with Crippen LogP contribution >= 0.6 is 0 Å². The Morgan fingerprint density at radius 3 is 2.69 bits per heavy atom. The number of aromatic nitrogens is 3. The second kappa shape index (κ2) is 8.12. The molecule has 0 amide bonds. The summed E-state index contributed by atoms with van der Waals surface area (Å²) in [6, 6.07) is 9.44. The van der Waals surface area contributed by atoms with Crippen LogP contribution in [0.1, 0.15) is 39.8 Å². The molecule has 0 saturated heterocycles. The van der Waals surface area contributed by atoms with Gasteiger partial charge in [0.25, 0.3) is 0 Å².